The van der Waals surface area contributed by atoms with Crippen LogP contribution in [0.5, 0.6) is 5.75 Å². The maximum atomic E-state index is 12.8. The zero-order chi connectivity index (χ0) is 18.8. The molecule has 0 bridgehead atoms. The van der Waals surface area contributed by atoms with E-state index in [1.807, 2.05) is 26.8 Å². The molecule has 3 rings (SSSR count). The van der Waals surface area contributed by atoms with Crippen LogP contribution < -0.4 is 15.7 Å². The molecule has 0 radical (unpaired) electrons. The number of rotatable bonds is 6. The first-order valence-corrected chi connectivity index (χ1v) is 9.55. The molecule has 138 valence electrons. The third-order valence-corrected chi connectivity index (χ3v) is 5.25. The third-order valence-electron chi connectivity index (χ3n) is 4.08. The zero-order valence-corrected chi connectivity index (χ0v) is 16.3. The molecular weight excluding hydrogens is 350 g/mol. The maximum absolute atomic E-state index is 12.8. The largest absolute Gasteiger partial charge is 0.488 e. The fraction of sp³-hybridized carbons (Fsp3) is 0.421. The van der Waals surface area contributed by atoms with Crippen LogP contribution in [0.1, 0.15) is 37.2 Å². The molecule has 0 aromatic carbocycles. The van der Waals surface area contributed by atoms with Crippen LogP contribution in [-0.2, 0) is 13.0 Å². The predicted molar refractivity (Wildman–Crippen MR) is 104 cm³/mol. The van der Waals surface area contributed by atoms with Gasteiger partial charge >= 0.3 is 0 Å². The number of nitrogens with one attached hydrogen (secondary N) is 1. The smallest absolute Gasteiger partial charge is 0.262 e. The molecule has 0 fully saturated rings. The summed E-state index contributed by atoms with van der Waals surface area (Å²) >= 11 is 1.55. The molecule has 6 nitrogen and oxygen atoms in total. The standard InChI is InChI=1S/C19H23N3O3S/c1-5-14-7-15-18(26-14)21-12(4)22(19(15)24)9-13-6-16(23)17(8-20-13)25-10-11(2)3/h6-8,11H,5,9-10H2,1-4H3,(H,20,23). The van der Waals surface area contributed by atoms with Gasteiger partial charge < -0.3 is 9.72 Å². The third kappa shape index (κ3) is 3.72. The monoisotopic (exact) mass is 373 g/mol. The van der Waals surface area contributed by atoms with E-state index in [4.69, 9.17) is 4.74 Å². The number of aromatic amines is 1. The molecule has 0 aliphatic carbocycles. The summed E-state index contributed by atoms with van der Waals surface area (Å²) in [5.74, 6) is 1.27. The lowest BCUT2D eigenvalue weighted by Gasteiger charge is -2.11. The molecule has 26 heavy (non-hydrogen) atoms. The van der Waals surface area contributed by atoms with E-state index in [9.17, 15) is 9.59 Å². The lowest BCUT2D eigenvalue weighted by Crippen LogP contribution is -2.25. The summed E-state index contributed by atoms with van der Waals surface area (Å²) in [7, 11) is 0. The molecule has 0 spiro atoms. The fourth-order valence-corrected chi connectivity index (χ4v) is 3.66. The number of thiophene rings is 1. The molecule has 7 heteroatoms. The molecule has 3 heterocycles. The number of hydrogen-bond donors (Lipinski definition) is 1. The normalized spacial score (nSPS) is 11.4. The molecule has 1 N–H and O–H groups in total. The number of aromatic nitrogens is 3. The SMILES string of the molecule is CCc1cc2c(=O)n(Cc3cc(=O)c(OCC(C)C)c[nH]3)c(C)nc2s1. The van der Waals surface area contributed by atoms with Gasteiger partial charge in [0.25, 0.3) is 5.56 Å². The van der Waals surface area contributed by atoms with Gasteiger partial charge in [-0.25, -0.2) is 4.98 Å². The fourth-order valence-electron chi connectivity index (χ4n) is 2.66. The van der Waals surface area contributed by atoms with Crippen molar-refractivity contribution in [1.29, 1.82) is 0 Å². The van der Waals surface area contributed by atoms with Gasteiger partial charge in [0.1, 0.15) is 10.7 Å². The van der Waals surface area contributed by atoms with Crippen molar-refractivity contribution in [2.75, 3.05) is 6.61 Å². The molecule has 3 aromatic rings. The summed E-state index contributed by atoms with van der Waals surface area (Å²) in [5, 5.41) is 0.636. The second kappa shape index (κ2) is 7.45. The first kappa shape index (κ1) is 18.4. The van der Waals surface area contributed by atoms with Gasteiger partial charge in [-0.05, 0) is 25.3 Å². The van der Waals surface area contributed by atoms with Crippen molar-refractivity contribution in [3.63, 3.8) is 0 Å². The minimum Gasteiger partial charge on any atom is -0.488 e. The van der Waals surface area contributed by atoms with Gasteiger partial charge in [0.15, 0.2) is 5.75 Å². The van der Waals surface area contributed by atoms with E-state index in [1.54, 1.807) is 22.1 Å². The highest BCUT2D eigenvalue weighted by molar-refractivity contribution is 7.18. The zero-order valence-electron chi connectivity index (χ0n) is 15.5. The highest BCUT2D eigenvalue weighted by Crippen LogP contribution is 2.22. The molecule has 0 saturated heterocycles. The van der Waals surface area contributed by atoms with Crippen LogP contribution in [0.25, 0.3) is 10.2 Å². The Kier molecular flexibility index (Phi) is 5.27. The Bertz CT molecular complexity index is 1050. The van der Waals surface area contributed by atoms with E-state index in [0.717, 1.165) is 16.1 Å². The molecule has 0 saturated carbocycles. The number of pyridine rings is 1. The van der Waals surface area contributed by atoms with E-state index >= 15 is 0 Å². The van der Waals surface area contributed by atoms with Gasteiger partial charge in [-0.3, -0.25) is 14.2 Å². The first-order chi connectivity index (χ1) is 12.4. The predicted octanol–water partition coefficient (Wildman–Crippen LogP) is 3.10. The quantitative estimate of drug-likeness (QED) is 0.720. The summed E-state index contributed by atoms with van der Waals surface area (Å²) in [6.07, 6.45) is 2.44. The van der Waals surface area contributed by atoms with E-state index in [-0.39, 0.29) is 17.5 Å². The van der Waals surface area contributed by atoms with Crippen molar-refractivity contribution in [3.05, 3.63) is 55.3 Å². The molecule has 0 amide bonds. The Balaban J connectivity index is 1.92. The molecule has 3 aromatic heterocycles. The van der Waals surface area contributed by atoms with Crippen LogP contribution >= 0.6 is 11.3 Å². The van der Waals surface area contributed by atoms with E-state index < -0.39 is 0 Å². The average molecular weight is 373 g/mol. The number of nitrogens with zero attached hydrogens (tertiary/aromatic N) is 2. The lowest BCUT2D eigenvalue weighted by atomic mass is 10.2. The van der Waals surface area contributed by atoms with Crippen molar-refractivity contribution >= 4 is 21.6 Å². The van der Waals surface area contributed by atoms with Gasteiger partial charge in [-0.2, -0.15) is 0 Å². The lowest BCUT2D eigenvalue weighted by molar-refractivity contribution is 0.267. The van der Waals surface area contributed by atoms with Crippen LogP contribution in [0, 0.1) is 12.8 Å². The first-order valence-electron chi connectivity index (χ1n) is 8.73. The number of hydrogen-bond acceptors (Lipinski definition) is 5. The minimum atomic E-state index is -0.192. The topological polar surface area (TPSA) is 77.0 Å². The van der Waals surface area contributed by atoms with Gasteiger partial charge in [0.2, 0.25) is 5.43 Å². The Labute approximate surface area is 155 Å². The summed E-state index contributed by atoms with van der Waals surface area (Å²) in [4.78, 5) is 34.6. The second-order valence-corrected chi connectivity index (χ2v) is 7.84. The number of H-pyrrole nitrogens is 1. The Hall–Kier alpha value is -2.41. The Morgan fingerprint density at radius 2 is 2.08 bits per heavy atom. The average Bonchev–Trinajstić information content (AvgIpc) is 3.01. The molecule has 0 unspecified atom stereocenters. The van der Waals surface area contributed by atoms with Gasteiger partial charge in [0, 0.05) is 22.8 Å². The summed E-state index contributed by atoms with van der Waals surface area (Å²) in [6, 6.07) is 3.40. The van der Waals surface area contributed by atoms with Crippen LogP contribution in [0.15, 0.2) is 27.9 Å². The van der Waals surface area contributed by atoms with Crippen LogP contribution in [0.4, 0.5) is 0 Å². The van der Waals surface area contributed by atoms with Crippen LogP contribution in [-0.4, -0.2) is 21.1 Å². The van der Waals surface area contributed by atoms with Crippen molar-refractivity contribution in [3.8, 4) is 5.75 Å². The van der Waals surface area contributed by atoms with Crippen molar-refractivity contribution in [1.82, 2.24) is 14.5 Å². The van der Waals surface area contributed by atoms with E-state index in [2.05, 4.69) is 16.9 Å². The molecule has 0 aliphatic heterocycles. The highest BCUT2D eigenvalue weighted by atomic mass is 32.1. The molecular formula is C19H23N3O3S. The van der Waals surface area contributed by atoms with Gasteiger partial charge in [0.05, 0.1) is 18.5 Å². The summed E-state index contributed by atoms with van der Waals surface area (Å²) < 4.78 is 7.09. The van der Waals surface area contributed by atoms with Gasteiger partial charge in [-0.1, -0.05) is 20.8 Å². The van der Waals surface area contributed by atoms with Crippen molar-refractivity contribution in [2.45, 2.75) is 40.7 Å². The summed E-state index contributed by atoms with van der Waals surface area (Å²) in [5.41, 5.74) is 0.372. The van der Waals surface area contributed by atoms with Crippen LogP contribution in [0.2, 0.25) is 0 Å². The summed E-state index contributed by atoms with van der Waals surface area (Å²) in [6.45, 7) is 8.67. The number of aryl methyl sites for hydroxylation is 2. The molecule has 0 aliphatic rings. The van der Waals surface area contributed by atoms with E-state index in [0.29, 0.717) is 35.2 Å². The van der Waals surface area contributed by atoms with Gasteiger partial charge in [-0.15, -0.1) is 11.3 Å². The minimum absolute atomic E-state index is 0.0792. The maximum Gasteiger partial charge on any atom is 0.262 e. The Morgan fingerprint density at radius 3 is 2.73 bits per heavy atom. The Morgan fingerprint density at radius 1 is 1.31 bits per heavy atom. The van der Waals surface area contributed by atoms with Crippen molar-refractivity contribution < 1.29 is 4.74 Å². The number of ether oxygens (including phenoxy) is 1. The van der Waals surface area contributed by atoms with Crippen LogP contribution in [0.3, 0.4) is 0 Å². The second-order valence-electron chi connectivity index (χ2n) is 6.73. The number of fused-ring (bicyclic) bond motifs is 1. The van der Waals surface area contributed by atoms with Crippen molar-refractivity contribution in [2.24, 2.45) is 5.92 Å². The highest BCUT2D eigenvalue weighted by Gasteiger charge is 2.13. The molecule has 0 atom stereocenters. The van der Waals surface area contributed by atoms with E-state index in [1.165, 1.54) is 6.07 Å².